The summed E-state index contributed by atoms with van der Waals surface area (Å²) in [5.74, 6) is 1.17. The lowest BCUT2D eigenvalue weighted by molar-refractivity contribution is -0.113. The Balaban J connectivity index is 1.35. The van der Waals surface area contributed by atoms with Crippen molar-refractivity contribution in [2.24, 2.45) is 0 Å². The van der Waals surface area contributed by atoms with Crippen LogP contribution in [0, 0.1) is 0 Å². The molecule has 4 rings (SSSR count). The van der Waals surface area contributed by atoms with Gasteiger partial charge in [-0.1, -0.05) is 35.2 Å². The fourth-order valence-electron chi connectivity index (χ4n) is 2.93. The van der Waals surface area contributed by atoms with Gasteiger partial charge in [-0.2, -0.15) is 0 Å². The molecule has 2 aromatic heterocycles. The van der Waals surface area contributed by atoms with Crippen molar-refractivity contribution in [1.82, 2.24) is 15.0 Å². The van der Waals surface area contributed by atoms with Crippen molar-refractivity contribution in [2.45, 2.75) is 24.3 Å². The van der Waals surface area contributed by atoms with Crippen molar-refractivity contribution in [3.8, 4) is 0 Å². The van der Waals surface area contributed by atoms with Crippen molar-refractivity contribution in [3.63, 3.8) is 0 Å². The second-order valence-electron chi connectivity index (χ2n) is 6.09. The minimum atomic E-state index is -0.0767. The predicted octanol–water partition coefficient (Wildman–Crippen LogP) is 3.81. The Kier molecular flexibility index (Phi) is 5.31. The van der Waals surface area contributed by atoms with Crippen LogP contribution in [0.1, 0.15) is 19.3 Å². The molecule has 0 saturated carbocycles. The van der Waals surface area contributed by atoms with E-state index in [0.29, 0.717) is 10.9 Å². The first-order valence-corrected chi connectivity index (χ1v) is 10.4. The van der Waals surface area contributed by atoms with Gasteiger partial charge in [-0.15, -0.1) is 0 Å². The number of carbonyl (C=O) groups excluding carboxylic acids is 1. The lowest BCUT2D eigenvalue weighted by Crippen LogP contribution is -2.30. The number of piperidine rings is 1. The summed E-state index contributed by atoms with van der Waals surface area (Å²) in [5, 5.41) is 4.33. The van der Waals surface area contributed by atoms with Gasteiger partial charge in [-0.25, -0.2) is 15.0 Å². The largest absolute Gasteiger partial charge is 0.356 e. The van der Waals surface area contributed by atoms with Gasteiger partial charge in [0.2, 0.25) is 5.91 Å². The van der Waals surface area contributed by atoms with Crippen LogP contribution < -0.4 is 10.2 Å². The average Bonchev–Trinajstić information content (AvgIpc) is 3.09. The molecule has 3 heterocycles. The molecule has 3 aromatic rings. The number of fused-ring (bicyclic) bond motifs is 1. The van der Waals surface area contributed by atoms with Crippen LogP contribution in [-0.4, -0.2) is 39.7 Å². The molecular weight excluding hydrogens is 366 g/mol. The van der Waals surface area contributed by atoms with Crippen LogP contribution in [0.2, 0.25) is 0 Å². The maximum atomic E-state index is 12.2. The summed E-state index contributed by atoms with van der Waals surface area (Å²) in [7, 11) is 0. The maximum Gasteiger partial charge on any atom is 0.236 e. The molecule has 1 N–H and O–H groups in total. The number of benzene rings is 1. The Hall–Kier alpha value is -2.19. The van der Waals surface area contributed by atoms with E-state index in [0.717, 1.165) is 34.1 Å². The number of anilines is 2. The summed E-state index contributed by atoms with van der Waals surface area (Å²) >= 11 is 2.90. The summed E-state index contributed by atoms with van der Waals surface area (Å²) in [6.07, 6.45) is 5.28. The second-order valence-corrected chi connectivity index (χ2v) is 8.11. The molecular formula is C18H19N5OS2. The molecule has 1 aliphatic heterocycles. The number of nitrogens with zero attached hydrogens (tertiary/aromatic N) is 4. The summed E-state index contributed by atoms with van der Waals surface area (Å²) in [6, 6.07) is 9.83. The van der Waals surface area contributed by atoms with Crippen LogP contribution in [-0.2, 0) is 4.79 Å². The van der Waals surface area contributed by atoms with Crippen LogP contribution in [0.5, 0.6) is 0 Å². The Morgan fingerprint density at radius 2 is 2.04 bits per heavy atom. The van der Waals surface area contributed by atoms with Gasteiger partial charge in [-0.05, 0) is 31.4 Å². The van der Waals surface area contributed by atoms with Crippen molar-refractivity contribution < 1.29 is 4.79 Å². The quantitative estimate of drug-likeness (QED) is 0.532. The van der Waals surface area contributed by atoms with Gasteiger partial charge >= 0.3 is 0 Å². The standard InChI is InChI=1S/C18H19N5OS2/c24-16(22-18-21-13-6-2-3-7-14(13)26-18)11-25-17-10-15(19-12-20-17)23-8-4-1-5-9-23/h2-3,6-7,10,12H,1,4-5,8-9,11H2,(H,21,22,24). The fraction of sp³-hybridized carbons (Fsp3) is 0.333. The van der Waals surface area contributed by atoms with E-state index in [1.54, 1.807) is 6.33 Å². The topological polar surface area (TPSA) is 71.0 Å². The van der Waals surface area contributed by atoms with Crippen LogP contribution in [0.15, 0.2) is 41.7 Å². The monoisotopic (exact) mass is 385 g/mol. The van der Waals surface area contributed by atoms with E-state index in [2.05, 4.69) is 25.2 Å². The van der Waals surface area contributed by atoms with Gasteiger partial charge < -0.3 is 10.2 Å². The van der Waals surface area contributed by atoms with Crippen LogP contribution in [0.3, 0.4) is 0 Å². The molecule has 1 amide bonds. The molecule has 134 valence electrons. The number of aromatic nitrogens is 3. The smallest absolute Gasteiger partial charge is 0.236 e. The molecule has 0 atom stereocenters. The highest BCUT2D eigenvalue weighted by molar-refractivity contribution is 7.99. The zero-order chi connectivity index (χ0) is 17.8. The summed E-state index contributed by atoms with van der Waals surface area (Å²) in [5.41, 5.74) is 0.905. The highest BCUT2D eigenvalue weighted by atomic mass is 32.2. The molecule has 8 heteroatoms. The molecule has 1 saturated heterocycles. The summed E-state index contributed by atoms with van der Waals surface area (Å²) < 4.78 is 1.07. The molecule has 26 heavy (non-hydrogen) atoms. The predicted molar refractivity (Wildman–Crippen MR) is 107 cm³/mol. The van der Waals surface area contributed by atoms with E-state index in [-0.39, 0.29) is 5.91 Å². The molecule has 0 spiro atoms. The Morgan fingerprint density at radius 3 is 2.88 bits per heavy atom. The Labute approximate surface area is 160 Å². The van der Waals surface area contributed by atoms with Gasteiger partial charge in [-0.3, -0.25) is 4.79 Å². The molecule has 0 aliphatic carbocycles. The van der Waals surface area contributed by atoms with Gasteiger partial charge in [0, 0.05) is 19.2 Å². The lowest BCUT2D eigenvalue weighted by atomic mass is 10.1. The number of nitrogens with one attached hydrogen (secondary N) is 1. The van der Waals surface area contributed by atoms with E-state index >= 15 is 0 Å². The first kappa shape index (κ1) is 17.2. The van der Waals surface area contributed by atoms with E-state index in [9.17, 15) is 4.79 Å². The Bertz CT molecular complexity index is 874. The number of para-hydroxylation sites is 1. The SMILES string of the molecule is O=C(CSc1cc(N2CCCCC2)ncn1)Nc1nc2ccccc2s1. The highest BCUT2D eigenvalue weighted by Gasteiger charge is 2.14. The zero-order valence-electron chi connectivity index (χ0n) is 14.2. The van der Waals surface area contributed by atoms with E-state index in [1.165, 1.54) is 42.4 Å². The first-order valence-electron chi connectivity index (χ1n) is 8.63. The first-order chi connectivity index (χ1) is 12.8. The molecule has 1 aliphatic rings. The molecule has 0 radical (unpaired) electrons. The number of rotatable bonds is 5. The van der Waals surface area contributed by atoms with Crippen LogP contribution in [0.25, 0.3) is 10.2 Å². The molecule has 0 bridgehead atoms. The summed E-state index contributed by atoms with van der Waals surface area (Å²) in [4.78, 5) is 27.6. The number of amides is 1. The van der Waals surface area contributed by atoms with Crippen molar-refractivity contribution >= 4 is 50.2 Å². The normalized spacial score (nSPS) is 14.5. The van der Waals surface area contributed by atoms with Crippen LogP contribution in [0.4, 0.5) is 10.9 Å². The van der Waals surface area contributed by atoms with E-state index in [4.69, 9.17) is 0 Å². The Morgan fingerprint density at radius 1 is 1.19 bits per heavy atom. The highest BCUT2D eigenvalue weighted by Crippen LogP contribution is 2.26. The van der Waals surface area contributed by atoms with Crippen molar-refractivity contribution in [3.05, 3.63) is 36.7 Å². The summed E-state index contributed by atoms with van der Waals surface area (Å²) in [6.45, 7) is 2.08. The van der Waals surface area contributed by atoms with Crippen molar-refractivity contribution in [1.29, 1.82) is 0 Å². The molecule has 1 fully saturated rings. The number of hydrogen-bond acceptors (Lipinski definition) is 7. The lowest BCUT2D eigenvalue weighted by Gasteiger charge is -2.27. The third-order valence-corrected chi connectivity index (χ3v) is 6.08. The van der Waals surface area contributed by atoms with Gasteiger partial charge in [0.05, 0.1) is 16.0 Å². The fourth-order valence-corrected chi connectivity index (χ4v) is 4.47. The molecule has 0 unspecified atom stereocenters. The zero-order valence-corrected chi connectivity index (χ0v) is 15.9. The molecule has 1 aromatic carbocycles. The van der Waals surface area contributed by atoms with Crippen molar-refractivity contribution in [2.75, 3.05) is 29.1 Å². The van der Waals surface area contributed by atoms with Gasteiger partial charge in [0.15, 0.2) is 5.13 Å². The van der Waals surface area contributed by atoms with E-state index < -0.39 is 0 Å². The minimum absolute atomic E-state index is 0.0767. The van der Waals surface area contributed by atoms with Gasteiger partial charge in [0.1, 0.15) is 17.2 Å². The number of carbonyl (C=O) groups is 1. The number of thiazole rings is 1. The number of hydrogen-bond donors (Lipinski definition) is 1. The van der Waals surface area contributed by atoms with Crippen LogP contribution >= 0.6 is 23.1 Å². The maximum absolute atomic E-state index is 12.2. The minimum Gasteiger partial charge on any atom is -0.356 e. The average molecular weight is 386 g/mol. The second kappa shape index (κ2) is 8.01. The third-order valence-electron chi connectivity index (χ3n) is 4.20. The van der Waals surface area contributed by atoms with Gasteiger partial charge in [0.25, 0.3) is 0 Å². The van der Waals surface area contributed by atoms with E-state index in [1.807, 2.05) is 30.3 Å². The molecule has 6 nitrogen and oxygen atoms in total. The third kappa shape index (κ3) is 4.13. The number of thioether (sulfide) groups is 1.